The summed E-state index contributed by atoms with van der Waals surface area (Å²) in [7, 11) is -3.74. The lowest BCUT2D eigenvalue weighted by Gasteiger charge is -2.10. The van der Waals surface area contributed by atoms with Crippen molar-refractivity contribution in [2.45, 2.75) is 24.2 Å². The van der Waals surface area contributed by atoms with Gasteiger partial charge in [-0.25, -0.2) is 8.42 Å². The Hall–Kier alpha value is -2.31. The van der Waals surface area contributed by atoms with Crippen LogP contribution in [0.4, 0.5) is 5.69 Å². The van der Waals surface area contributed by atoms with Crippen molar-refractivity contribution in [1.82, 2.24) is 0 Å². The van der Waals surface area contributed by atoms with Crippen LogP contribution in [0.2, 0.25) is 5.02 Å². The van der Waals surface area contributed by atoms with Gasteiger partial charge < -0.3 is 4.42 Å². The summed E-state index contributed by atoms with van der Waals surface area (Å²) in [5, 5.41) is 0.823. The lowest BCUT2D eigenvalue weighted by molar-refractivity contribution is 0.0971. The van der Waals surface area contributed by atoms with Crippen molar-refractivity contribution in [3.8, 4) is 0 Å². The fourth-order valence-electron chi connectivity index (χ4n) is 3.10. The minimum Gasteiger partial charge on any atom is -0.459 e. The molecule has 0 bridgehead atoms. The van der Waals surface area contributed by atoms with E-state index in [4.69, 9.17) is 16.0 Å². The molecule has 4 rings (SSSR count). The molecule has 0 saturated carbocycles. The van der Waals surface area contributed by atoms with Crippen LogP contribution in [-0.2, 0) is 16.4 Å². The van der Waals surface area contributed by atoms with E-state index in [9.17, 15) is 13.2 Å². The molecule has 1 aliphatic carbocycles. The molecule has 5 nitrogen and oxygen atoms in total. The topological polar surface area (TPSA) is 76.4 Å². The Morgan fingerprint density at radius 1 is 1.08 bits per heavy atom. The first-order chi connectivity index (χ1) is 12.0. The van der Waals surface area contributed by atoms with Crippen LogP contribution < -0.4 is 4.72 Å². The molecule has 0 unspecified atom stereocenters. The highest BCUT2D eigenvalue weighted by Crippen LogP contribution is 2.37. The number of sulfonamides is 1. The summed E-state index contributed by atoms with van der Waals surface area (Å²) in [5.74, 6) is 0.621. The normalized spacial score (nSPS) is 14.5. The fraction of sp³-hybridized carbons (Fsp3) is 0.167. The van der Waals surface area contributed by atoms with Gasteiger partial charge in [-0.05, 0) is 30.7 Å². The maximum atomic E-state index is 12.5. The minimum absolute atomic E-state index is 0.000803. The van der Waals surface area contributed by atoms with Gasteiger partial charge in [0, 0.05) is 18.2 Å². The summed E-state index contributed by atoms with van der Waals surface area (Å²) < 4.78 is 33.2. The molecule has 7 heteroatoms. The number of halogens is 1. The molecule has 0 atom stereocenters. The third kappa shape index (κ3) is 2.81. The number of furan rings is 1. The number of benzene rings is 2. The number of hydrogen-bond donors (Lipinski definition) is 1. The molecule has 3 aromatic rings. The van der Waals surface area contributed by atoms with Crippen LogP contribution in [0.15, 0.2) is 51.8 Å². The summed E-state index contributed by atoms with van der Waals surface area (Å²) in [6.07, 6.45) is 1.88. The van der Waals surface area contributed by atoms with Crippen molar-refractivity contribution in [2.24, 2.45) is 0 Å². The summed E-state index contributed by atoms with van der Waals surface area (Å²) >= 11 is 6.26. The number of fused-ring (bicyclic) bond motifs is 3. The van der Waals surface area contributed by atoms with Gasteiger partial charge in [0.1, 0.15) is 5.76 Å². The van der Waals surface area contributed by atoms with Crippen molar-refractivity contribution in [3.63, 3.8) is 0 Å². The molecule has 2 aromatic carbocycles. The fourth-order valence-corrected chi connectivity index (χ4v) is 4.42. The van der Waals surface area contributed by atoms with Gasteiger partial charge in [0.05, 0.1) is 21.2 Å². The van der Waals surface area contributed by atoms with Crippen molar-refractivity contribution in [2.75, 3.05) is 4.72 Å². The van der Waals surface area contributed by atoms with Crippen LogP contribution in [-0.4, -0.2) is 14.2 Å². The molecule has 1 N–H and O–H groups in total. The summed E-state index contributed by atoms with van der Waals surface area (Å²) in [5.41, 5.74) is 1.23. The molecule has 128 valence electrons. The number of aryl methyl sites for hydroxylation is 1. The van der Waals surface area contributed by atoms with E-state index in [1.165, 1.54) is 18.2 Å². The zero-order valence-electron chi connectivity index (χ0n) is 13.1. The van der Waals surface area contributed by atoms with E-state index in [1.54, 1.807) is 24.3 Å². The number of ketones is 1. The standard InChI is InChI=1S/C18H14ClNO4S/c19-14-10-11(20-25(22,23)12-5-2-1-3-6-12)9-13-17-15(21)7-4-8-16(17)24-18(13)14/h1-3,5-6,9-10,20H,4,7-8H2. The predicted molar refractivity (Wildman–Crippen MR) is 95.7 cm³/mol. The number of carbonyl (C=O) groups excluding carboxylic acids is 1. The number of nitrogens with one attached hydrogen (secondary N) is 1. The molecule has 0 spiro atoms. The minimum atomic E-state index is -3.74. The first kappa shape index (κ1) is 16.2. The number of carbonyl (C=O) groups is 1. The van der Waals surface area contributed by atoms with Crippen molar-refractivity contribution >= 4 is 44.1 Å². The summed E-state index contributed by atoms with van der Waals surface area (Å²) in [6, 6.07) is 11.1. The van der Waals surface area contributed by atoms with Gasteiger partial charge in [-0.3, -0.25) is 9.52 Å². The van der Waals surface area contributed by atoms with E-state index in [0.29, 0.717) is 40.8 Å². The lowest BCUT2D eigenvalue weighted by Crippen LogP contribution is -2.13. The van der Waals surface area contributed by atoms with Crippen molar-refractivity contribution in [1.29, 1.82) is 0 Å². The summed E-state index contributed by atoms with van der Waals surface area (Å²) in [4.78, 5) is 12.4. The molecule has 1 aromatic heterocycles. The van der Waals surface area contributed by atoms with Gasteiger partial charge in [0.15, 0.2) is 11.4 Å². The van der Waals surface area contributed by atoms with Gasteiger partial charge in [0.2, 0.25) is 0 Å². The van der Waals surface area contributed by atoms with Gasteiger partial charge in [-0.1, -0.05) is 29.8 Å². The SMILES string of the molecule is O=C1CCCc2oc3c(Cl)cc(NS(=O)(=O)c4ccccc4)cc3c21. The van der Waals surface area contributed by atoms with Crippen molar-refractivity contribution < 1.29 is 17.6 Å². The van der Waals surface area contributed by atoms with Gasteiger partial charge >= 0.3 is 0 Å². The highest BCUT2D eigenvalue weighted by Gasteiger charge is 2.26. The maximum Gasteiger partial charge on any atom is 0.261 e. The zero-order valence-corrected chi connectivity index (χ0v) is 14.7. The van der Waals surface area contributed by atoms with Crippen LogP contribution in [0.5, 0.6) is 0 Å². The highest BCUT2D eigenvalue weighted by molar-refractivity contribution is 7.92. The van der Waals surface area contributed by atoms with E-state index >= 15 is 0 Å². The Labute approximate surface area is 149 Å². The second-order valence-corrected chi connectivity index (χ2v) is 8.02. The largest absolute Gasteiger partial charge is 0.459 e. The number of rotatable bonds is 3. The Morgan fingerprint density at radius 3 is 2.60 bits per heavy atom. The van der Waals surface area contributed by atoms with E-state index in [2.05, 4.69) is 4.72 Å². The van der Waals surface area contributed by atoms with Crippen LogP contribution in [0.25, 0.3) is 11.0 Å². The predicted octanol–water partition coefficient (Wildman–Crippen LogP) is 4.41. The average Bonchev–Trinajstić information content (AvgIpc) is 2.96. The smallest absolute Gasteiger partial charge is 0.261 e. The average molecular weight is 376 g/mol. The Morgan fingerprint density at radius 2 is 1.84 bits per heavy atom. The first-order valence-corrected chi connectivity index (χ1v) is 9.68. The van der Waals surface area contributed by atoms with E-state index < -0.39 is 10.0 Å². The first-order valence-electron chi connectivity index (χ1n) is 7.82. The molecular weight excluding hydrogens is 362 g/mol. The molecule has 1 aliphatic rings. The molecule has 25 heavy (non-hydrogen) atoms. The Kier molecular flexibility index (Phi) is 3.81. The van der Waals surface area contributed by atoms with Gasteiger partial charge in [-0.2, -0.15) is 0 Å². The van der Waals surface area contributed by atoms with E-state index in [1.807, 2.05) is 0 Å². The molecule has 0 aliphatic heterocycles. The second kappa shape index (κ2) is 5.89. The monoisotopic (exact) mass is 375 g/mol. The molecule has 0 fully saturated rings. The third-order valence-electron chi connectivity index (χ3n) is 4.21. The van der Waals surface area contributed by atoms with E-state index in [-0.39, 0.29) is 15.7 Å². The van der Waals surface area contributed by atoms with E-state index in [0.717, 1.165) is 6.42 Å². The molecule has 0 amide bonds. The Balaban J connectivity index is 1.81. The lowest BCUT2D eigenvalue weighted by atomic mass is 9.94. The molecule has 1 heterocycles. The highest BCUT2D eigenvalue weighted by atomic mass is 35.5. The van der Waals surface area contributed by atoms with Gasteiger partial charge in [0.25, 0.3) is 10.0 Å². The number of Topliss-reactive ketones (excluding diaryl/α,β-unsaturated/α-hetero) is 1. The van der Waals surface area contributed by atoms with Crippen molar-refractivity contribution in [3.05, 3.63) is 58.8 Å². The number of anilines is 1. The zero-order chi connectivity index (χ0) is 17.6. The third-order valence-corrected chi connectivity index (χ3v) is 5.89. The summed E-state index contributed by atoms with van der Waals surface area (Å²) in [6.45, 7) is 0. The van der Waals surface area contributed by atoms with Gasteiger partial charge in [-0.15, -0.1) is 0 Å². The quantitative estimate of drug-likeness (QED) is 0.735. The van der Waals surface area contributed by atoms with Crippen LogP contribution in [0.3, 0.4) is 0 Å². The second-order valence-electron chi connectivity index (χ2n) is 5.93. The molecular formula is C18H14ClNO4S. The van der Waals surface area contributed by atoms with Crippen LogP contribution >= 0.6 is 11.6 Å². The van der Waals surface area contributed by atoms with Crippen LogP contribution in [0.1, 0.15) is 29.0 Å². The number of hydrogen-bond acceptors (Lipinski definition) is 4. The molecule has 0 radical (unpaired) electrons. The Bertz CT molecular complexity index is 1090. The molecule has 0 saturated heterocycles. The van der Waals surface area contributed by atoms with Crippen LogP contribution in [0, 0.1) is 0 Å². The maximum absolute atomic E-state index is 12.5.